The maximum atomic E-state index is 4.54. The fraction of sp³-hybridized carbons (Fsp3) is 0.583. The molecule has 2 unspecified atom stereocenters. The van der Waals surface area contributed by atoms with Crippen molar-refractivity contribution in [1.29, 1.82) is 0 Å². The first-order valence-corrected chi connectivity index (χ1v) is 6.56. The second-order valence-corrected chi connectivity index (χ2v) is 5.71. The summed E-state index contributed by atoms with van der Waals surface area (Å²) in [4.78, 5) is 2.50. The summed E-state index contributed by atoms with van der Waals surface area (Å²) in [6.07, 6.45) is 8.19. The van der Waals surface area contributed by atoms with Gasteiger partial charge in [0.15, 0.2) is 0 Å². The summed E-state index contributed by atoms with van der Waals surface area (Å²) < 4.78 is 2.99. The lowest BCUT2D eigenvalue weighted by atomic mass is 9.99. The van der Waals surface area contributed by atoms with E-state index in [1.807, 2.05) is 17.9 Å². The summed E-state index contributed by atoms with van der Waals surface area (Å²) in [5, 5.41) is 4.54. The molecule has 0 saturated carbocycles. The lowest BCUT2D eigenvalue weighted by Crippen LogP contribution is -2.34. The van der Waals surface area contributed by atoms with Crippen LogP contribution in [0, 0.1) is 0 Å². The van der Waals surface area contributed by atoms with Gasteiger partial charge in [0, 0.05) is 25.3 Å². The van der Waals surface area contributed by atoms with Crippen molar-refractivity contribution in [1.82, 2.24) is 14.7 Å². The third-order valence-electron chi connectivity index (χ3n) is 3.83. The molecule has 1 aromatic rings. The molecular formula is C12H16BrN3. The van der Waals surface area contributed by atoms with Gasteiger partial charge in [-0.25, -0.2) is 0 Å². The molecule has 0 amide bonds. The summed E-state index contributed by atoms with van der Waals surface area (Å²) >= 11 is 3.59. The van der Waals surface area contributed by atoms with Crippen LogP contribution in [-0.2, 0) is 7.05 Å². The van der Waals surface area contributed by atoms with E-state index >= 15 is 0 Å². The molecular weight excluding hydrogens is 266 g/mol. The normalized spacial score (nSPS) is 29.6. The van der Waals surface area contributed by atoms with Gasteiger partial charge in [-0.15, -0.1) is 0 Å². The molecule has 1 aromatic heterocycles. The molecule has 2 atom stereocenters. The molecule has 0 aliphatic carbocycles. The summed E-state index contributed by atoms with van der Waals surface area (Å²) in [7, 11) is 4.21. The van der Waals surface area contributed by atoms with Crippen molar-refractivity contribution >= 4 is 21.5 Å². The lowest BCUT2D eigenvalue weighted by molar-refractivity contribution is 0.264. The first kappa shape index (κ1) is 10.5. The van der Waals surface area contributed by atoms with E-state index in [2.05, 4.69) is 39.1 Å². The SMILES string of the molecule is CN1C2C=C(c3nn(C)cc3Br)CC1CC2. The van der Waals surface area contributed by atoms with Crippen molar-refractivity contribution in [3.05, 3.63) is 22.4 Å². The number of nitrogens with zero attached hydrogens (tertiary/aromatic N) is 3. The number of aromatic nitrogens is 2. The quantitative estimate of drug-likeness (QED) is 0.789. The summed E-state index contributed by atoms with van der Waals surface area (Å²) in [5.41, 5.74) is 2.55. The number of hydrogen-bond donors (Lipinski definition) is 0. The van der Waals surface area contributed by atoms with Gasteiger partial charge in [-0.2, -0.15) is 5.10 Å². The van der Waals surface area contributed by atoms with Crippen molar-refractivity contribution < 1.29 is 0 Å². The van der Waals surface area contributed by atoms with Crippen LogP contribution in [0.5, 0.6) is 0 Å². The topological polar surface area (TPSA) is 21.1 Å². The molecule has 0 N–H and O–H groups in total. The van der Waals surface area contributed by atoms with Crippen LogP contribution in [0.1, 0.15) is 25.0 Å². The minimum atomic E-state index is 0.627. The standard InChI is InChI=1S/C12H16BrN3/c1-15-7-11(13)12(14-15)8-5-9-3-4-10(6-8)16(9)2/h5,7,9-10H,3-4,6H2,1-2H3. The molecule has 2 bridgehead atoms. The maximum Gasteiger partial charge on any atom is 0.102 e. The molecule has 3 heterocycles. The van der Waals surface area contributed by atoms with Crippen LogP contribution >= 0.6 is 15.9 Å². The third-order valence-corrected chi connectivity index (χ3v) is 4.41. The monoisotopic (exact) mass is 281 g/mol. The zero-order valence-corrected chi connectivity index (χ0v) is 11.2. The fourth-order valence-electron chi connectivity index (χ4n) is 2.90. The average Bonchev–Trinajstić information content (AvgIpc) is 2.65. The Hall–Kier alpha value is -0.610. The Morgan fingerprint density at radius 1 is 1.38 bits per heavy atom. The smallest absolute Gasteiger partial charge is 0.102 e. The highest BCUT2D eigenvalue weighted by Gasteiger charge is 2.34. The number of halogens is 1. The molecule has 1 saturated heterocycles. The van der Waals surface area contributed by atoms with E-state index < -0.39 is 0 Å². The van der Waals surface area contributed by atoms with Gasteiger partial charge in [-0.3, -0.25) is 9.58 Å². The van der Waals surface area contributed by atoms with Crippen LogP contribution in [0.4, 0.5) is 0 Å². The van der Waals surface area contributed by atoms with Crippen LogP contribution in [0.15, 0.2) is 16.7 Å². The molecule has 0 aromatic carbocycles. The van der Waals surface area contributed by atoms with Gasteiger partial charge in [0.25, 0.3) is 0 Å². The molecule has 1 fully saturated rings. The van der Waals surface area contributed by atoms with Gasteiger partial charge in [-0.05, 0) is 47.8 Å². The number of aryl methyl sites for hydroxylation is 1. The van der Waals surface area contributed by atoms with Gasteiger partial charge >= 0.3 is 0 Å². The Bertz CT molecular complexity index is 449. The Kier molecular flexibility index (Phi) is 2.44. The number of rotatable bonds is 1. The molecule has 16 heavy (non-hydrogen) atoms. The second kappa shape index (κ2) is 3.70. The molecule has 0 radical (unpaired) electrons. The minimum absolute atomic E-state index is 0.627. The number of hydrogen-bond acceptors (Lipinski definition) is 2. The van der Waals surface area contributed by atoms with Crippen molar-refractivity contribution in [3.8, 4) is 0 Å². The van der Waals surface area contributed by atoms with Gasteiger partial charge in [-0.1, -0.05) is 6.08 Å². The highest BCUT2D eigenvalue weighted by Crippen LogP contribution is 2.38. The van der Waals surface area contributed by atoms with Crippen molar-refractivity contribution in [2.24, 2.45) is 7.05 Å². The van der Waals surface area contributed by atoms with Crippen LogP contribution in [0.2, 0.25) is 0 Å². The summed E-state index contributed by atoms with van der Waals surface area (Å²) in [6, 6.07) is 1.35. The van der Waals surface area contributed by atoms with E-state index in [4.69, 9.17) is 0 Å². The average molecular weight is 282 g/mol. The molecule has 2 aliphatic heterocycles. The Morgan fingerprint density at radius 3 is 2.81 bits per heavy atom. The van der Waals surface area contributed by atoms with E-state index in [1.165, 1.54) is 18.4 Å². The predicted molar refractivity (Wildman–Crippen MR) is 68.1 cm³/mol. The molecule has 3 rings (SSSR count). The minimum Gasteiger partial charge on any atom is -0.297 e. The van der Waals surface area contributed by atoms with Crippen LogP contribution < -0.4 is 0 Å². The largest absolute Gasteiger partial charge is 0.297 e. The third kappa shape index (κ3) is 1.55. The summed E-state index contributed by atoms with van der Waals surface area (Å²) in [5.74, 6) is 0. The summed E-state index contributed by atoms with van der Waals surface area (Å²) in [6.45, 7) is 0. The van der Waals surface area contributed by atoms with Gasteiger partial charge < -0.3 is 0 Å². The first-order valence-electron chi connectivity index (χ1n) is 5.77. The zero-order valence-electron chi connectivity index (χ0n) is 9.65. The van der Waals surface area contributed by atoms with E-state index in [0.717, 1.165) is 22.6 Å². The molecule has 3 nitrogen and oxygen atoms in total. The fourth-order valence-corrected chi connectivity index (χ4v) is 3.53. The molecule has 2 aliphatic rings. The Balaban J connectivity index is 1.97. The van der Waals surface area contributed by atoms with E-state index in [-0.39, 0.29) is 0 Å². The molecule has 86 valence electrons. The van der Waals surface area contributed by atoms with Crippen molar-refractivity contribution in [2.45, 2.75) is 31.3 Å². The predicted octanol–water partition coefficient (Wildman–Crippen LogP) is 2.43. The second-order valence-electron chi connectivity index (χ2n) is 4.86. The Morgan fingerprint density at radius 2 is 2.19 bits per heavy atom. The highest BCUT2D eigenvalue weighted by molar-refractivity contribution is 9.10. The van der Waals surface area contributed by atoms with Crippen LogP contribution in [0.3, 0.4) is 0 Å². The lowest BCUT2D eigenvalue weighted by Gasteiger charge is -2.29. The van der Waals surface area contributed by atoms with E-state index in [1.54, 1.807) is 0 Å². The Labute approximate surface area is 104 Å². The van der Waals surface area contributed by atoms with Gasteiger partial charge in [0.1, 0.15) is 5.69 Å². The first-order chi connectivity index (χ1) is 7.65. The van der Waals surface area contributed by atoms with E-state index in [9.17, 15) is 0 Å². The van der Waals surface area contributed by atoms with Crippen LogP contribution in [0.25, 0.3) is 5.57 Å². The molecule has 4 heteroatoms. The zero-order chi connectivity index (χ0) is 11.3. The maximum absolute atomic E-state index is 4.54. The highest BCUT2D eigenvalue weighted by atomic mass is 79.9. The van der Waals surface area contributed by atoms with E-state index in [0.29, 0.717) is 6.04 Å². The van der Waals surface area contributed by atoms with Crippen molar-refractivity contribution in [2.75, 3.05) is 7.05 Å². The molecule has 0 spiro atoms. The van der Waals surface area contributed by atoms with Gasteiger partial charge in [0.05, 0.1) is 4.47 Å². The number of likely N-dealkylation sites (N-methyl/N-ethyl adjacent to an activating group) is 1. The number of fused-ring (bicyclic) bond motifs is 2. The van der Waals surface area contributed by atoms with Crippen molar-refractivity contribution in [3.63, 3.8) is 0 Å². The van der Waals surface area contributed by atoms with Gasteiger partial charge in [0.2, 0.25) is 0 Å². The van der Waals surface area contributed by atoms with Crippen LogP contribution in [-0.4, -0.2) is 33.8 Å².